The summed E-state index contributed by atoms with van der Waals surface area (Å²) in [7, 11) is -4.94. The first-order chi connectivity index (χ1) is 10.9. The van der Waals surface area contributed by atoms with Crippen molar-refractivity contribution in [3.63, 3.8) is 0 Å². The highest BCUT2D eigenvalue weighted by Gasteiger charge is 2.17. The van der Waals surface area contributed by atoms with Gasteiger partial charge in [-0.25, -0.2) is 23.1 Å². The van der Waals surface area contributed by atoms with E-state index in [9.17, 15) is 0 Å². The lowest BCUT2D eigenvalue weighted by molar-refractivity contribution is -2.00. The van der Waals surface area contributed by atoms with Crippen molar-refractivity contribution in [2.75, 3.05) is 0 Å². The van der Waals surface area contributed by atoms with Gasteiger partial charge in [0.25, 0.3) is 0 Å². The Hall–Kier alpha value is -2.28. The molecular formula is C17H13ClO5. The van der Waals surface area contributed by atoms with Gasteiger partial charge in [0.2, 0.25) is 0 Å². The zero-order chi connectivity index (χ0) is 16.7. The summed E-state index contributed by atoms with van der Waals surface area (Å²) in [6.45, 7) is 0. The van der Waals surface area contributed by atoms with Gasteiger partial charge in [-0.1, -0.05) is 48.5 Å². The Bertz CT molecular complexity index is 662. The van der Waals surface area contributed by atoms with Crippen LogP contribution >= 0.6 is 0 Å². The molecule has 0 unspecified atom stereocenters. The molecule has 5 nitrogen and oxygen atoms in total. The Morgan fingerprint density at radius 3 is 1.61 bits per heavy atom. The molecule has 3 aromatic rings. The first kappa shape index (κ1) is 17.1. The van der Waals surface area contributed by atoms with Crippen LogP contribution in [-0.4, -0.2) is 0 Å². The van der Waals surface area contributed by atoms with Crippen LogP contribution in [0.3, 0.4) is 0 Å². The van der Waals surface area contributed by atoms with Crippen LogP contribution in [0.25, 0.3) is 22.5 Å². The van der Waals surface area contributed by atoms with Gasteiger partial charge in [0.1, 0.15) is 0 Å². The molecule has 0 bridgehead atoms. The van der Waals surface area contributed by atoms with Gasteiger partial charge in [-0.3, -0.25) is 0 Å². The molecule has 0 spiro atoms. The number of halogens is 1. The van der Waals surface area contributed by atoms with E-state index in [1.54, 1.807) is 6.26 Å². The van der Waals surface area contributed by atoms with E-state index in [-0.39, 0.29) is 0 Å². The maximum atomic E-state index is 8.49. The van der Waals surface area contributed by atoms with Crippen molar-refractivity contribution in [2.24, 2.45) is 0 Å². The Labute approximate surface area is 135 Å². The first-order valence-corrected chi connectivity index (χ1v) is 7.82. The van der Waals surface area contributed by atoms with E-state index in [0.717, 1.165) is 16.9 Å². The van der Waals surface area contributed by atoms with E-state index in [1.807, 2.05) is 42.5 Å². The fourth-order valence-electron chi connectivity index (χ4n) is 2.04. The highest BCUT2D eigenvalue weighted by Crippen LogP contribution is 2.31. The van der Waals surface area contributed by atoms with Crippen molar-refractivity contribution in [1.29, 1.82) is 0 Å². The predicted octanol–water partition coefficient (Wildman–Crippen LogP) is 0.139. The van der Waals surface area contributed by atoms with E-state index < -0.39 is 10.2 Å². The summed E-state index contributed by atoms with van der Waals surface area (Å²) in [5.74, 6) is 0.907. The summed E-state index contributed by atoms with van der Waals surface area (Å²) in [4.78, 5) is 0. The minimum Gasteiger partial charge on any atom is -0.222 e. The minimum absolute atomic E-state index is 0.907. The van der Waals surface area contributed by atoms with Gasteiger partial charge >= 0.3 is 12.0 Å². The van der Waals surface area contributed by atoms with Crippen molar-refractivity contribution in [3.05, 3.63) is 79.1 Å². The molecule has 118 valence electrons. The molecule has 0 amide bonds. The minimum atomic E-state index is -4.94. The summed E-state index contributed by atoms with van der Waals surface area (Å²) in [5.41, 5.74) is 3.38. The maximum absolute atomic E-state index is 8.49. The summed E-state index contributed by atoms with van der Waals surface area (Å²) in [6.07, 6.45) is 1.72. The second-order valence-electron chi connectivity index (χ2n) is 4.47. The Kier molecular flexibility index (Phi) is 5.81. The molecule has 0 fully saturated rings. The lowest BCUT2D eigenvalue weighted by Crippen LogP contribution is -2.68. The van der Waals surface area contributed by atoms with Gasteiger partial charge in [-0.05, 0) is 23.8 Å². The van der Waals surface area contributed by atoms with Crippen LogP contribution in [-0.2, 0) is 0 Å². The zero-order valence-electron chi connectivity index (χ0n) is 11.9. The van der Waals surface area contributed by atoms with Crippen molar-refractivity contribution < 1.29 is 33.3 Å². The monoisotopic (exact) mass is 332 g/mol. The molecule has 0 saturated carbocycles. The van der Waals surface area contributed by atoms with Crippen LogP contribution in [0.1, 0.15) is 0 Å². The topological polar surface area (TPSA) is 104 Å². The summed E-state index contributed by atoms with van der Waals surface area (Å²) in [5, 5.41) is 0. The summed E-state index contributed by atoms with van der Waals surface area (Å²) >= 11 is 0. The Morgan fingerprint density at radius 1 is 0.609 bits per heavy atom. The lowest BCUT2D eigenvalue weighted by atomic mass is 10.0. The number of benzene rings is 2. The van der Waals surface area contributed by atoms with Crippen molar-refractivity contribution in [1.82, 2.24) is 0 Å². The smallest absolute Gasteiger partial charge is 0.222 e. The second-order valence-corrected chi connectivity index (χ2v) is 5.22. The van der Waals surface area contributed by atoms with Crippen molar-refractivity contribution >= 4 is 0 Å². The zero-order valence-corrected chi connectivity index (χ0v) is 12.7. The quantitative estimate of drug-likeness (QED) is 0.621. The fourth-order valence-corrected chi connectivity index (χ4v) is 2.04. The van der Waals surface area contributed by atoms with Gasteiger partial charge in [0, 0.05) is 6.07 Å². The summed E-state index contributed by atoms with van der Waals surface area (Å²) < 4.78 is 39.7. The Morgan fingerprint density at radius 2 is 1.09 bits per heavy atom. The third kappa shape index (κ3) is 5.78. The molecule has 0 aliphatic carbocycles. The van der Waals surface area contributed by atoms with Crippen molar-refractivity contribution in [3.8, 4) is 22.5 Å². The number of hydrogen-bond donors (Lipinski definition) is 0. The molecule has 3 rings (SSSR count). The van der Waals surface area contributed by atoms with Crippen LogP contribution in [0.5, 0.6) is 0 Å². The standard InChI is InChI=1S/C17H13O.ClHO4/c1-3-8-14(9-4-1)16-12-7-13-18-17(16)15-10-5-2-6-11-15;2-1(3,4)5/h1-13H;(H,2,3,4,5)/q+1;/p-1. The molecule has 0 atom stereocenters. The van der Waals surface area contributed by atoms with Crippen molar-refractivity contribution in [2.45, 2.75) is 0 Å². The van der Waals surface area contributed by atoms with Gasteiger partial charge in [-0.15, -0.1) is 10.2 Å². The number of hydrogen-bond acceptors (Lipinski definition) is 4. The van der Waals surface area contributed by atoms with E-state index >= 15 is 0 Å². The molecule has 1 aromatic heterocycles. The lowest BCUT2D eigenvalue weighted by Gasteiger charge is -2.17. The second kappa shape index (κ2) is 7.82. The molecule has 0 aliphatic heterocycles. The highest BCUT2D eigenvalue weighted by molar-refractivity contribution is 5.79. The van der Waals surface area contributed by atoms with Crippen LogP contribution < -0.4 is 18.6 Å². The first-order valence-electron chi connectivity index (χ1n) is 6.58. The van der Waals surface area contributed by atoms with Crippen LogP contribution in [0.4, 0.5) is 0 Å². The molecule has 1 heterocycles. The molecule has 6 heteroatoms. The highest BCUT2D eigenvalue weighted by atomic mass is 35.7. The molecule has 23 heavy (non-hydrogen) atoms. The van der Waals surface area contributed by atoms with E-state index in [0.29, 0.717) is 0 Å². The molecule has 2 aromatic carbocycles. The third-order valence-electron chi connectivity index (χ3n) is 2.89. The average molecular weight is 333 g/mol. The van der Waals surface area contributed by atoms with E-state index in [1.165, 1.54) is 5.56 Å². The molecule has 0 aliphatic rings. The van der Waals surface area contributed by atoms with E-state index in [4.69, 9.17) is 23.1 Å². The molecule has 0 radical (unpaired) electrons. The number of rotatable bonds is 2. The summed E-state index contributed by atoms with van der Waals surface area (Å²) in [6, 6.07) is 24.5. The average Bonchev–Trinajstić information content (AvgIpc) is 2.55. The largest absolute Gasteiger partial charge is 0.367 e. The molecule has 0 saturated heterocycles. The predicted molar refractivity (Wildman–Crippen MR) is 74.0 cm³/mol. The van der Waals surface area contributed by atoms with Gasteiger partial charge in [0.05, 0.1) is 11.1 Å². The SMILES string of the molecule is [O-][Cl+3]([O-])([O-])[O-].c1ccc(-c2ccc[o+]c2-c2ccccc2)cc1. The maximum Gasteiger partial charge on any atom is 0.367 e. The third-order valence-corrected chi connectivity index (χ3v) is 2.89. The van der Waals surface area contributed by atoms with Gasteiger partial charge < -0.3 is 0 Å². The van der Waals surface area contributed by atoms with Crippen LogP contribution in [0.15, 0.2) is 83.5 Å². The van der Waals surface area contributed by atoms with E-state index in [2.05, 4.69) is 30.3 Å². The molecular weight excluding hydrogens is 320 g/mol. The van der Waals surface area contributed by atoms with Gasteiger partial charge in [-0.2, -0.15) is 0 Å². The normalized spacial score (nSPS) is 10.6. The fraction of sp³-hybridized carbons (Fsp3) is 0. The molecule has 0 N–H and O–H groups in total. The van der Waals surface area contributed by atoms with Crippen LogP contribution in [0, 0.1) is 10.2 Å². The van der Waals surface area contributed by atoms with Gasteiger partial charge in [0.15, 0.2) is 0 Å². The Balaban J connectivity index is 0.000000338. The van der Waals surface area contributed by atoms with Crippen LogP contribution in [0.2, 0.25) is 0 Å².